The third kappa shape index (κ3) is 5.65. The van der Waals surface area contributed by atoms with Crippen molar-refractivity contribution in [1.29, 1.82) is 0 Å². The van der Waals surface area contributed by atoms with Crippen molar-refractivity contribution in [1.82, 2.24) is 15.0 Å². The molecule has 1 aromatic carbocycles. The van der Waals surface area contributed by atoms with E-state index in [0.717, 1.165) is 12.3 Å². The Morgan fingerprint density at radius 1 is 1.22 bits per heavy atom. The van der Waals surface area contributed by atoms with Crippen molar-refractivity contribution in [3.05, 3.63) is 41.5 Å². The maximum Gasteiger partial charge on any atom is 0.223 e. The Kier molecular flexibility index (Phi) is 6.12. The molecule has 0 aliphatic heterocycles. The van der Waals surface area contributed by atoms with E-state index in [1.165, 1.54) is 5.56 Å². The van der Waals surface area contributed by atoms with Crippen molar-refractivity contribution >= 4 is 0 Å². The van der Waals surface area contributed by atoms with E-state index in [9.17, 15) is 5.11 Å². The predicted molar refractivity (Wildman–Crippen MR) is 87.0 cm³/mol. The Bertz CT molecular complexity index is 593. The molecule has 126 valence electrons. The maximum absolute atomic E-state index is 9.59. The van der Waals surface area contributed by atoms with E-state index in [0.29, 0.717) is 24.3 Å². The first-order chi connectivity index (χ1) is 10.9. The minimum atomic E-state index is -0.335. The number of nitrogens with zero attached hydrogens (tertiary/aromatic N) is 3. The number of hydrogen-bond acceptors (Lipinski definition) is 6. The smallest absolute Gasteiger partial charge is 0.223 e. The lowest BCUT2D eigenvalue weighted by atomic mass is 10.1. The largest absolute Gasteiger partial charge is 0.485 e. The molecule has 0 radical (unpaired) electrons. The molecule has 0 bridgehead atoms. The van der Waals surface area contributed by atoms with Gasteiger partial charge in [0.25, 0.3) is 0 Å². The molecule has 0 amide bonds. The van der Waals surface area contributed by atoms with Crippen LogP contribution in [0.25, 0.3) is 0 Å². The number of hydrogen-bond donors (Lipinski definition) is 1. The summed E-state index contributed by atoms with van der Waals surface area (Å²) in [6, 6.07) is 8.32. The van der Waals surface area contributed by atoms with Gasteiger partial charge in [-0.05, 0) is 38.5 Å². The lowest BCUT2D eigenvalue weighted by Gasteiger charge is -2.27. The Morgan fingerprint density at radius 3 is 2.43 bits per heavy atom. The minimum absolute atomic E-state index is 0.289. The standard InChI is InChI=1S/C17H25N3O3/c1-12(2)20(9-13(3)21)10-15-5-7-16(8-6-15)22-11-17-18-14(4)23-19-17/h5-8,12-13,21H,9-11H2,1-4H3. The highest BCUT2D eigenvalue weighted by molar-refractivity contribution is 5.27. The van der Waals surface area contributed by atoms with Crippen LogP contribution in [0.3, 0.4) is 0 Å². The van der Waals surface area contributed by atoms with Gasteiger partial charge in [0.2, 0.25) is 11.7 Å². The molecule has 1 N–H and O–H groups in total. The number of aliphatic hydroxyl groups is 1. The van der Waals surface area contributed by atoms with Crippen LogP contribution >= 0.6 is 0 Å². The lowest BCUT2D eigenvalue weighted by Crippen LogP contribution is -2.36. The van der Waals surface area contributed by atoms with E-state index >= 15 is 0 Å². The molecule has 0 spiro atoms. The molecule has 1 heterocycles. The second kappa shape index (κ2) is 8.08. The fourth-order valence-electron chi connectivity index (χ4n) is 2.27. The Balaban J connectivity index is 1.90. The van der Waals surface area contributed by atoms with Gasteiger partial charge in [-0.25, -0.2) is 0 Å². The predicted octanol–water partition coefficient (Wildman–Crippen LogP) is 2.55. The summed E-state index contributed by atoms with van der Waals surface area (Å²) in [5, 5.41) is 13.4. The van der Waals surface area contributed by atoms with Crippen LogP contribution in [0.5, 0.6) is 5.75 Å². The summed E-state index contributed by atoms with van der Waals surface area (Å²) in [6.45, 7) is 9.57. The topological polar surface area (TPSA) is 71.6 Å². The normalized spacial score (nSPS) is 12.8. The molecule has 0 aliphatic rings. The molecule has 0 aliphatic carbocycles. The van der Waals surface area contributed by atoms with Crippen LogP contribution in [0.15, 0.2) is 28.8 Å². The van der Waals surface area contributed by atoms with Crippen molar-refractivity contribution < 1.29 is 14.4 Å². The lowest BCUT2D eigenvalue weighted by molar-refractivity contribution is 0.103. The highest BCUT2D eigenvalue weighted by Crippen LogP contribution is 2.16. The molecule has 0 saturated heterocycles. The van der Waals surface area contributed by atoms with E-state index in [1.54, 1.807) is 6.92 Å². The van der Waals surface area contributed by atoms with E-state index in [4.69, 9.17) is 9.26 Å². The van der Waals surface area contributed by atoms with Gasteiger partial charge in [-0.15, -0.1) is 0 Å². The van der Waals surface area contributed by atoms with Crippen LogP contribution in [-0.2, 0) is 13.2 Å². The van der Waals surface area contributed by atoms with Gasteiger partial charge in [-0.1, -0.05) is 17.3 Å². The van der Waals surface area contributed by atoms with Crippen LogP contribution in [0.1, 0.15) is 38.0 Å². The van der Waals surface area contributed by atoms with Crippen LogP contribution in [0.2, 0.25) is 0 Å². The van der Waals surface area contributed by atoms with Crippen molar-refractivity contribution in [2.45, 2.75) is 53.0 Å². The average molecular weight is 319 g/mol. The molecule has 1 aromatic heterocycles. The number of aromatic nitrogens is 2. The third-order valence-electron chi connectivity index (χ3n) is 3.48. The number of aliphatic hydroxyl groups excluding tert-OH is 1. The first-order valence-corrected chi connectivity index (χ1v) is 7.87. The Morgan fingerprint density at radius 2 is 1.91 bits per heavy atom. The molecule has 2 aromatic rings. The van der Waals surface area contributed by atoms with Crippen molar-refractivity contribution in [3.63, 3.8) is 0 Å². The highest BCUT2D eigenvalue weighted by Gasteiger charge is 2.12. The summed E-state index contributed by atoms with van der Waals surface area (Å²) >= 11 is 0. The number of rotatable bonds is 8. The average Bonchev–Trinajstić information content (AvgIpc) is 2.91. The van der Waals surface area contributed by atoms with Gasteiger partial charge in [0.1, 0.15) is 5.75 Å². The first-order valence-electron chi connectivity index (χ1n) is 7.87. The van der Waals surface area contributed by atoms with E-state index in [1.807, 2.05) is 31.2 Å². The zero-order valence-corrected chi connectivity index (χ0v) is 14.2. The van der Waals surface area contributed by atoms with E-state index in [2.05, 4.69) is 28.9 Å². The summed E-state index contributed by atoms with van der Waals surface area (Å²) in [6.07, 6.45) is -0.335. The van der Waals surface area contributed by atoms with Crippen LogP contribution in [0, 0.1) is 6.92 Å². The second-order valence-corrected chi connectivity index (χ2v) is 6.03. The zero-order chi connectivity index (χ0) is 16.8. The Hall–Kier alpha value is -1.92. The fourth-order valence-corrected chi connectivity index (χ4v) is 2.27. The third-order valence-corrected chi connectivity index (χ3v) is 3.48. The van der Waals surface area contributed by atoms with Crippen LogP contribution in [-0.4, -0.2) is 38.8 Å². The summed E-state index contributed by atoms with van der Waals surface area (Å²) in [7, 11) is 0. The van der Waals surface area contributed by atoms with E-state index < -0.39 is 0 Å². The molecule has 6 nitrogen and oxygen atoms in total. The molecule has 6 heteroatoms. The van der Waals surface area contributed by atoms with E-state index in [-0.39, 0.29) is 12.7 Å². The monoisotopic (exact) mass is 319 g/mol. The Labute approximate surface area is 137 Å². The highest BCUT2D eigenvalue weighted by atomic mass is 16.5. The molecule has 1 unspecified atom stereocenters. The minimum Gasteiger partial charge on any atom is -0.485 e. The summed E-state index contributed by atoms with van der Waals surface area (Å²) in [5.74, 6) is 1.84. The quantitative estimate of drug-likeness (QED) is 0.806. The summed E-state index contributed by atoms with van der Waals surface area (Å²) in [5.41, 5.74) is 1.18. The fraction of sp³-hybridized carbons (Fsp3) is 0.529. The van der Waals surface area contributed by atoms with Crippen LogP contribution < -0.4 is 4.74 Å². The molecule has 23 heavy (non-hydrogen) atoms. The van der Waals surface area contributed by atoms with Gasteiger partial charge in [0, 0.05) is 26.1 Å². The van der Waals surface area contributed by atoms with Crippen molar-refractivity contribution in [2.24, 2.45) is 0 Å². The van der Waals surface area contributed by atoms with Gasteiger partial charge >= 0.3 is 0 Å². The molecule has 1 atom stereocenters. The van der Waals surface area contributed by atoms with Gasteiger partial charge in [0.05, 0.1) is 6.10 Å². The van der Waals surface area contributed by atoms with Gasteiger partial charge in [-0.3, -0.25) is 4.90 Å². The molecule has 0 fully saturated rings. The van der Waals surface area contributed by atoms with Crippen molar-refractivity contribution in [3.8, 4) is 5.75 Å². The first kappa shape index (κ1) is 17.4. The number of ether oxygens (including phenoxy) is 1. The van der Waals surface area contributed by atoms with Gasteiger partial charge < -0.3 is 14.4 Å². The van der Waals surface area contributed by atoms with Gasteiger partial charge in [-0.2, -0.15) is 4.98 Å². The second-order valence-electron chi connectivity index (χ2n) is 6.03. The molecule has 0 saturated carbocycles. The summed E-state index contributed by atoms with van der Waals surface area (Å²) in [4.78, 5) is 6.34. The SMILES string of the molecule is Cc1nc(COc2ccc(CN(CC(C)O)C(C)C)cc2)no1. The van der Waals surface area contributed by atoms with Gasteiger partial charge in [0.15, 0.2) is 6.61 Å². The number of benzene rings is 1. The number of aryl methyl sites for hydroxylation is 1. The maximum atomic E-state index is 9.59. The molecule has 2 rings (SSSR count). The summed E-state index contributed by atoms with van der Waals surface area (Å²) < 4.78 is 10.5. The molecular formula is C17H25N3O3. The zero-order valence-electron chi connectivity index (χ0n) is 14.2. The molecular weight excluding hydrogens is 294 g/mol. The van der Waals surface area contributed by atoms with Crippen LogP contribution in [0.4, 0.5) is 0 Å². The van der Waals surface area contributed by atoms with Crippen molar-refractivity contribution in [2.75, 3.05) is 6.54 Å².